The van der Waals surface area contributed by atoms with E-state index in [0.717, 1.165) is 22.6 Å². The fourth-order valence-corrected chi connectivity index (χ4v) is 2.16. The minimum atomic E-state index is 0.268. The summed E-state index contributed by atoms with van der Waals surface area (Å²) < 4.78 is 0. The van der Waals surface area contributed by atoms with Gasteiger partial charge in [0.2, 0.25) is 0 Å². The zero-order chi connectivity index (χ0) is 10.4. The van der Waals surface area contributed by atoms with Crippen LogP contribution in [0.15, 0.2) is 29.2 Å². The average Bonchev–Trinajstić information content (AvgIpc) is 2.19. The van der Waals surface area contributed by atoms with Crippen molar-refractivity contribution in [3.05, 3.63) is 29.8 Å². The molecule has 1 aromatic carbocycles. The first-order chi connectivity index (χ1) is 6.79. The largest absolute Gasteiger partial charge is 0.294 e. The smallest absolute Gasteiger partial charge is 0.163 e. The van der Waals surface area contributed by atoms with Gasteiger partial charge in [-0.2, -0.15) is 0 Å². The Kier molecular flexibility index (Phi) is 4.74. The summed E-state index contributed by atoms with van der Waals surface area (Å²) in [6.45, 7) is 4.14. The van der Waals surface area contributed by atoms with Gasteiger partial charge >= 0.3 is 0 Å². The fraction of sp³-hybridized carbons (Fsp3) is 0.417. The molecule has 14 heavy (non-hydrogen) atoms. The third kappa shape index (κ3) is 2.88. The molecule has 0 N–H and O–H groups in total. The lowest BCUT2D eigenvalue weighted by atomic mass is 10.1. The molecule has 1 aromatic rings. The third-order valence-electron chi connectivity index (χ3n) is 1.96. The van der Waals surface area contributed by atoms with Crippen LogP contribution in [0.2, 0.25) is 0 Å². The normalized spacial score (nSPS) is 10.1. The number of thioether (sulfide) groups is 1. The van der Waals surface area contributed by atoms with E-state index in [1.54, 1.807) is 11.8 Å². The number of carbonyl (C=O) groups excluding carboxylic acids is 1. The summed E-state index contributed by atoms with van der Waals surface area (Å²) in [5.41, 5.74) is 0.890. The fourth-order valence-electron chi connectivity index (χ4n) is 1.34. The topological polar surface area (TPSA) is 17.1 Å². The Bertz CT molecular complexity index is 307. The molecule has 0 saturated heterocycles. The molecule has 0 aromatic heterocycles. The summed E-state index contributed by atoms with van der Waals surface area (Å²) in [7, 11) is 0. The highest BCUT2D eigenvalue weighted by atomic mass is 32.2. The summed E-state index contributed by atoms with van der Waals surface area (Å²) in [6, 6.07) is 7.87. The molecule has 0 aliphatic carbocycles. The SMILES string of the molecule is CCCC(=O)c1ccccc1SCC. The summed E-state index contributed by atoms with van der Waals surface area (Å²) >= 11 is 1.74. The van der Waals surface area contributed by atoms with E-state index >= 15 is 0 Å². The van der Waals surface area contributed by atoms with E-state index in [2.05, 4.69) is 6.92 Å². The number of rotatable bonds is 5. The summed E-state index contributed by atoms with van der Waals surface area (Å²) in [6.07, 6.45) is 1.57. The first-order valence-corrected chi connectivity index (χ1v) is 6.03. The Hall–Kier alpha value is -0.760. The van der Waals surface area contributed by atoms with Gasteiger partial charge in [0, 0.05) is 16.9 Å². The minimum absolute atomic E-state index is 0.268. The lowest BCUT2D eigenvalue weighted by Crippen LogP contribution is -1.99. The molecule has 1 rings (SSSR count). The van der Waals surface area contributed by atoms with E-state index < -0.39 is 0 Å². The molecule has 0 unspecified atom stereocenters. The van der Waals surface area contributed by atoms with Crippen LogP contribution in [0.1, 0.15) is 37.0 Å². The Labute approximate surface area is 89.9 Å². The number of ketones is 1. The number of Topliss-reactive ketones (excluding diaryl/α,β-unsaturated/α-hetero) is 1. The van der Waals surface area contributed by atoms with Crippen molar-refractivity contribution in [3.8, 4) is 0 Å². The molecule has 0 atom stereocenters. The van der Waals surface area contributed by atoms with Crippen LogP contribution in [0.5, 0.6) is 0 Å². The van der Waals surface area contributed by atoms with Crippen LogP contribution in [0, 0.1) is 0 Å². The maximum atomic E-state index is 11.7. The standard InChI is InChI=1S/C12H16OS/c1-3-7-11(13)10-8-5-6-9-12(10)14-4-2/h5-6,8-9H,3-4,7H2,1-2H3. The Balaban J connectivity index is 2.88. The van der Waals surface area contributed by atoms with Crippen LogP contribution < -0.4 is 0 Å². The summed E-state index contributed by atoms with van der Waals surface area (Å²) in [4.78, 5) is 12.8. The molecular formula is C12H16OS. The van der Waals surface area contributed by atoms with Crippen LogP contribution in [0.3, 0.4) is 0 Å². The van der Waals surface area contributed by atoms with Gasteiger partial charge in [-0.05, 0) is 18.2 Å². The molecule has 0 aliphatic heterocycles. The molecule has 0 spiro atoms. The van der Waals surface area contributed by atoms with Crippen molar-refractivity contribution < 1.29 is 4.79 Å². The van der Waals surface area contributed by atoms with Crippen molar-refractivity contribution >= 4 is 17.5 Å². The van der Waals surface area contributed by atoms with Gasteiger partial charge in [-0.15, -0.1) is 11.8 Å². The average molecular weight is 208 g/mol. The number of hydrogen-bond acceptors (Lipinski definition) is 2. The summed E-state index contributed by atoms with van der Waals surface area (Å²) in [5.74, 6) is 1.28. The lowest BCUT2D eigenvalue weighted by molar-refractivity contribution is 0.0979. The molecule has 1 nitrogen and oxygen atoms in total. The van der Waals surface area contributed by atoms with Gasteiger partial charge in [0.25, 0.3) is 0 Å². The van der Waals surface area contributed by atoms with Gasteiger partial charge < -0.3 is 0 Å². The number of benzene rings is 1. The van der Waals surface area contributed by atoms with Crippen molar-refractivity contribution in [1.82, 2.24) is 0 Å². The van der Waals surface area contributed by atoms with E-state index in [1.165, 1.54) is 0 Å². The monoisotopic (exact) mass is 208 g/mol. The maximum Gasteiger partial charge on any atom is 0.163 e. The van der Waals surface area contributed by atoms with E-state index in [1.807, 2.05) is 31.2 Å². The van der Waals surface area contributed by atoms with Gasteiger partial charge in [0.1, 0.15) is 0 Å². The van der Waals surface area contributed by atoms with Gasteiger partial charge in [-0.3, -0.25) is 4.79 Å². The highest BCUT2D eigenvalue weighted by Gasteiger charge is 2.08. The van der Waals surface area contributed by atoms with Crippen molar-refractivity contribution in [3.63, 3.8) is 0 Å². The van der Waals surface area contributed by atoms with Crippen molar-refractivity contribution in [2.45, 2.75) is 31.6 Å². The Morgan fingerprint density at radius 3 is 2.64 bits per heavy atom. The molecule has 2 heteroatoms. The Morgan fingerprint density at radius 1 is 1.29 bits per heavy atom. The van der Waals surface area contributed by atoms with Gasteiger partial charge in [0.05, 0.1) is 0 Å². The molecule has 0 heterocycles. The first kappa shape index (κ1) is 11.3. The highest BCUT2D eigenvalue weighted by Crippen LogP contribution is 2.23. The molecule has 0 aliphatic rings. The van der Waals surface area contributed by atoms with E-state index in [9.17, 15) is 4.79 Å². The minimum Gasteiger partial charge on any atom is -0.294 e. The van der Waals surface area contributed by atoms with Gasteiger partial charge in [-0.1, -0.05) is 32.0 Å². The van der Waals surface area contributed by atoms with Crippen LogP contribution in [-0.4, -0.2) is 11.5 Å². The predicted molar refractivity (Wildman–Crippen MR) is 62.1 cm³/mol. The third-order valence-corrected chi connectivity index (χ3v) is 2.92. The first-order valence-electron chi connectivity index (χ1n) is 5.04. The van der Waals surface area contributed by atoms with Crippen LogP contribution in [0.4, 0.5) is 0 Å². The van der Waals surface area contributed by atoms with Gasteiger partial charge in [-0.25, -0.2) is 0 Å². The highest BCUT2D eigenvalue weighted by molar-refractivity contribution is 7.99. The second-order valence-electron chi connectivity index (χ2n) is 3.10. The van der Waals surface area contributed by atoms with E-state index in [4.69, 9.17) is 0 Å². The second kappa shape index (κ2) is 5.86. The maximum absolute atomic E-state index is 11.7. The molecule has 0 bridgehead atoms. The molecule has 76 valence electrons. The zero-order valence-corrected chi connectivity index (χ0v) is 9.56. The lowest BCUT2D eigenvalue weighted by Gasteiger charge is -2.05. The van der Waals surface area contributed by atoms with E-state index in [-0.39, 0.29) is 5.78 Å². The molecular weight excluding hydrogens is 192 g/mol. The van der Waals surface area contributed by atoms with Crippen LogP contribution in [-0.2, 0) is 0 Å². The summed E-state index contributed by atoms with van der Waals surface area (Å²) in [5, 5.41) is 0. The molecule has 0 radical (unpaired) electrons. The zero-order valence-electron chi connectivity index (χ0n) is 8.75. The van der Waals surface area contributed by atoms with Crippen molar-refractivity contribution in [1.29, 1.82) is 0 Å². The quantitative estimate of drug-likeness (QED) is 0.541. The molecule has 0 saturated carbocycles. The van der Waals surface area contributed by atoms with Crippen LogP contribution in [0.25, 0.3) is 0 Å². The van der Waals surface area contributed by atoms with E-state index in [0.29, 0.717) is 6.42 Å². The predicted octanol–water partition coefficient (Wildman–Crippen LogP) is 3.78. The molecule has 0 fully saturated rings. The second-order valence-corrected chi connectivity index (χ2v) is 4.41. The van der Waals surface area contributed by atoms with Crippen molar-refractivity contribution in [2.24, 2.45) is 0 Å². The van der Waals surface area contributed by atoms with Crippen molar-refractivity contribution in [2.75, 3.05) is 5.75 Å². The van der Waals surface area contributed by atoms with Crippen LogP contribution >= 0.6 is 11.8 Å². The number of carbonyl (C=O) groups is 1. The van der Waals surface area contributed by atoms with Gasteiger partial charge in [0.15, 0.2) is 5.78 Å². The Morgan fingerprint density at radius 2 is 2.00 bits per heavy atom. The number of hydrogen-bond donors (Lipinski definition) is 0. The molecule has 0 amide bonds.